The topological polar surface area (TPSA) is 52.0 Å². The molecule has 2 N–H and O–H groups in total. The molecule has 0 aliphatic carbocycles. The van der Waals surface area contributed by atoms with Gasteiger partial charge in [0, 0.05) is 6.07 Å². The van der Waals surface area contributed by atoms with E-state index in [-0.39, 0.29) is 0 Å². The van der Waals surface area contributed by atoms with E-state index in [9.17, 15) is 0 Å². The molecule has 0 unspecified atom stereocenters. The smallest absolute Gasteiger partial charge is 0.228 e. The third-order valence-electron chi connectivity index (χ3n) is 2.69. The molecule has 3 nitrogen and oxygen atoms in total. The number of hydrogen-bond acceptors (Lipinski definition) is 3. The lowest BCUT2D eigenvalue weighted by Gasteiger charge is -2.00. The van der Waals surface area contributed by atoms with Gasteiger partial charge in [-0.3, -0.25) is 0 Å². The van der Waals surface area contributed by atoms with Gasteiger partial charge in [0.15, 0.2) is 5.58 Å². The zero-order valence-corrected chi connectivity index (χ0v) is 11.7. The standard InChI is InChI=1S/C13H7Cl3N2O/c14-7-3-1-2-6(12(7)16)13-18-10-4-8(15)9(17)5-11(10)19-13/h1-5H,17H2. The number of halogens is 3. The lowest BCUT2D eigenvalue weighted by molar-refractivity contribution is 0.620. The van der Waals surface area contributed by atoms with E-state index >= 15 is 0 Å². The van der Waals surface area contributed by atoms with E-state index in [1.54, 1.807) is 30.3 Å². The monoisotopic (exact) mass is 312 g/mol. The number of nitrogen functional groups attached to an aromatic ring is 1. The highest BCUT2D eigenvalue weighted by atomic mass is 35.5. The van der Waals surface area contributed by atoms with E-state index in [4.69, 9.17) is 45.0 Å². The fourth-order valence-corrected chi connectivity index (χ4v) is 2.29. The van der Waals surface area contributed by atoms with Crippen LogP contribution in [0.4, 0.5) is 5.69 Å². The van der Waals surface area contributed by atoms with Gasteiger partial charge in [-0.2, -0.15) is 0 Å². The molecule has 0 radical (unpaired) electrons. The molecule has 0 aliphatic heterocycles. The van der Waals surface area contributed by atoms with Crippen molar-refractivity contribution in [3.05, 3.63) is 45.4 Å². The molecule has 0 saturated carbocycles. The van der Waals surface area contributed by atoms with Crippen molar-refractivity contribution >= 4 is 51.6 Å². The number of rotatable bonds is 1. The van der Waals surface area contributed by atoms with Gasteiger partial charge in [0.2, 0.25) is 5.89 Å². The fourth-order valence-electron chi connectivity index (χ4n) is 1.75. The van der Waals surface area contributed by atoms with E-state index in [1.807, 2.05) is 0 Å². The molecular weight excluding hydrogens is 307 g/mol. The molecule has 0 aliphatic rings. The molecular formula is C13H7Cl3N2O. The van der Waals surface area contributed by atoms with Gasteiger partial charge in [0.25, 0.3) is 0 Å². The van der Waals surface area contributed by atoms with E-state index < -0.39 is 0 Å². The maximum Gasteiger partial charge on any atom is 0.228 e. The molecule has 96 valence electrons. The Bertz CT molecular complexity index is 744. The minimum atomic E-state index is 0.379. The Morgan fingerprint density at radius 2 is 1.84 bits per heavy atom. The summed E-state index contributed by atoms with van der Waals surface area (Å²) >= 11 is 18.1. The van der Waals surface area contributed by atoms with Crippen LogP contribution in [0, 0.1) is 0 Å². The highest BCUT2D eigenvalue weighted by Gasteiger charge is 2.14. The van der Waals surface area contributed by atoms with Crippen LogP contribution in [0.5, 0.6) is 0 Å². The lowest BCUT2D eigenvalue weighted by Crippen LogP contribution is -1.84. The Morgan fingerprint density at radius 3 is 2.63 bits per heavy atom. The van der Waals surface area contributed by atoms with Crippen molar-refractivity contribution in [3.8, 4) is 11.5 Å². The van der Waals surface area contributed by atoms with Crippen molar-refractivity contribution in [2.45, 2.75) is 0 Å². The van der Waals surface area contributed by atoms with E-state index in [2.05, 4.69) is 4.98 Å². The Labute approximate surface area is 123 Å². The second-order valence-electron chi connectivity index (χ2n) is 3.96. The maximum atomic E-state index is 6.14. The SMILES string of the molecule is Nc1cc2oc(-c3cccc(Cl)c3Cl)nc2cc1Cl. The second-order valence-corrected chi connectivity index (χ2v) is 5.15. The average Bonchev–Trinajstić information content (AvgIpc) is 2.76. The molecule has 3 rings (SSSR count). The number of nitrogens with two attached hydrogens (primary N) is 1. The van der Waals surface area contributed by atoms with E-state index in [0.717, 1.165) is 0 Å². The van der Waals surface area contributed by atoms with Gasteiger partial charge in [-0.15, -0.1) is 0 Å². The fraction of sp³-hybridized carbons (Fsp3) is 0. The van der Waals surface area contributed by atoms with E-state index in [0.29, 0.717) is 43.3 Å². The van der Waals surface area contributed by atoms with Gasteiger partial charge in [0.1, 0.15) is 5.52 Å². The second kappa shape index (κ2) is 4.60. The average molecular weight is 314 g/mol. The van der Waals surface area contributed by atoms with Gasteiger partial charge in [0.05, 0.1) is 26.3 Å². The molecule has 1 heterocycles. The minimum Gasteiger partial charge on any atom is -0.436 e. The number of benzene rings is 2. The first-order valence-corrected chi connectivity index (χ1v) is 6.49. The first-order valence-electron chi connectivity index (χ1n) is 5.36. The quantitative estimate of drug-likeness (QED) is 0.640. The van der Waals surface area contributed by atoms with Crippen LogP contribution in [0.15, 0.2) is 34.7 Å². The van der Waals surface area contributed by atoms with Crippen LogP contribution in [0.3, 0.4) is 0 Å². The van der Waals surface area contributed by atoms with Crippen LogP contribution in [-0.2, 0) is 0 Å². The zero-order valence-electron chi connectivity index (χ0n) is 9.45. The van der Waals surface area contributed by atoms with Crippen LogP contribution in [0.2, 0.25) is 15.1 Å². The number of hydrogen-bond donors (Lipinski definition) is 1. The number of aromatic nitrogens is 1. The highest BCUT2D eigenvalue weighted by molar-refractivity contribution is 6.43. The number of nitrogens with zero attached hydrogens (tertiary/aromatic N) is 1. The summed E-state index contributed by atoms with van der Waals surface area (Å²) in [6.45, 7) is 0. The van der Waals surface area contributed by atoms with Crippen LogP contribution in [0.25, 0.3) is 22.6 Å². The molecule has 19 heavy (non-hydrogen) atoms. The number of oxazole rings is 1. The predicted octanol–water partition coefficient (Wildman–Crippen LogP) is 5.04. The molecule has 3 aromatic rings. The molecule has 1 aromatic heterocycles. The molecule has 0 saturated heterocycles. The highest BCUT2D eigenvalue weighted by Crippen LogP contribution is 2.35. The normalized spacial score (nSPS) is 11.1. The van der Waals surface area contributed by atoms with Crippen LogP contribution in [-0.4, -0.2) is 4.98 Å². The Balaban J connectivity index is 2.23. The molecule has 0 bridgehead atoms. The Hall–Kier alpha value is -1.42. The van der Waals surface area contributed by atoms with Crippen molar-refractivity contribution in [1.29, 1.82) is 0 Å². The molecule has 6 heteroatoms. The van der Waals surface area contributed by atoms with Gasteiger partial charge in [-0.25, -0.2) is 4.98 Å². The van der Waals surface area contributed by atoms with Gasteiger partial charge < -0.3 is 10.2 Å². The first-order chi connectivity index (χ1) is 9.06. The van der Waals surface area contributed by atoms with Crippen molar-refractivity contribution in [3.63, 3.8) is 0 Å². The summed E-state index contributed by atoms with van der Waals surface area (Å²) in [5.74, 6) is 0.379. The maximum absolute atomic E-state index is 6.14. The van der Waals surface area contributed by atoms with Crippen molar-refractivity contribution < 1.29 is 4.42 Å². The summed E-state index contributed by atoms with van der Waals surface area (Å²) in [6, 6.07) is 8.54. The predicted molar refractivity (Wildman–Crippen MR) is 78.9 cm³/mol. The molecule has 2 aromatic carbocycles. The van der Waals surface area contributed by atoms with Gasteiger partial charge >= 0.3 is 0 Å². The van der Waals surface area contributed by atoms with Crippen molar-refractivity contribution in [2.24, 2.45) is 0 Å². The zero-order chi connectivity index (χ0) is 13.6. The summed E-state index contributed by atoms with van der Waals surface area (Å²) in [4.78, 5) is 4.34. The van der Waals surface area contributed by atoms with Gasteiger partial charge in [-0.05, 0) is 18.2 Å². The molecule has 0 spiro atoms. The molecule has 0 amide bonds. The number of fused-ring (bicyclic) bond motifs is 1. The third kappa shape index (κ3) is 2.14. The van der Waals surface area contributed by atoms with Crippen LogP contribution in [0.1, 0.15) is 0 Å². The number of anilines is 1. The first kappa shape index (κ1) is 12.6. The van der Waals surface area contributed by atoms with Crippen molar-refractivity contribution in [2.75, 3.05) is 5.73 Å². The molecule has 0 atom stereocenters. The summed E-state index contributed by atoms with van der Waals surface area (Å²) in [5.41, 5.74) is 7.95. The van der Waals surface area contributed by atoms with Crippen LogP contribution < -0.4 is 5.73 Å². The summed E-state index contributed by atoms with van der Waals surface area (Å²) in [5, 5.41) is 1.28. The largest absolute Gasteiger partial charge is 0.436 e. The van der Waals surface area contributed by atoms with E-state index in [1.165, 1.54) is 0 Å². The minimum absolute atomic E-state index is 0.379. The summed E-state index contributed by atoms with van der Waals surface area (Å²) in [6.07, 6.45) is 0. The van der Waals surface area contributed by atoms with Crippen molar-refractivity contribution in [1.82, 2.24) is 4.98 Å². The Morgan fingerprint density at radius 1 is 1.05 bits per heavy atom. The lowest BCUT2D eigenvalue weighted by atomic mass is 10.2. The summed E-state index contributed by atoms with van der Waals surface area (Å²) < 4.78 is 5.63. The Kier molecular flexibility index (Phi) is 3.05. The molecule has 0 fully saturated rings. The van der Waals surface area contributed by atoms with Crippen LogP contribution >= 0.6 is 34.8 Å². The van der Waals surface area contributed by atoms with Gasteiger partial charge in [-0.1, -0.05) is 40.9 Å². The third-order valence-corrected chi connectivity index (χ3v) is 3.84. The summed E-state index contributed by atoms with van der Waals surface area (Å²) in [7, 11) is 0.